The van der Waals surface area contributed by atoms with E-state index >= 15 is 0 Å². The van der Waals surface area contributed by atoms with E-state index < -0.39 is 0 Å². The summed E-state index contributed by atoms with van der Waals surface area (Å²) in [6, 6.07) is 14.0. The number of aromatic amines is 1. The van der Waals surface area contributed by atoms with Crippen LogP contribution in [0.15, 0.2) is 48.5 Å². The Labute approximate surface area is 133 Å². The van der Waals surface area contributed by atoms with E-state index in [1.54, 1.807) is 19.1 Å². The SMILES string of the molecule is Cc1ccc(-c2cc(C(=O)Nc3ccc(F)c(C)c3)[nH]n2)cc1. The minimum atomic E-state index is -0.318. The van der Waals surface area contributed by atoms with Gasteiger partial charge in [0.15, 0.2) is 0 Å². The van der Waals surface area contributed by atoms with Crippen LogP contribution in [0, 0.1) is 19.7 Å². The average Bonchev–Trinajstić information content (AvgIpc) is 3.02. The van der Waals surface area contributed by atoms with Gasteiger partial charge in [-0.2, -0.15) is 5.10 Å². The van der Waals surface area contributed by atoms with Gasteiger partial charge in [0.2, 0.25) is 0 Å². The molecule has 0 unspecified atom stereocenters. The first-order chi connectivity index (χ1) is 11.0. The molecule has 0 fully saturated rings. The van der Waals surface area contributed by atoms with Crippen molar-refractivity contribution in [3.63, 3.8) is 0 Å². The normalized spacial score (nSPS) is 10.6. The van der Waals surface area contributed by atoms with Crippen LogP contribution in [0.1, 0.15) is 21.6 Å². The van der Waals surface area contributed by atoms with Crippen molar-refractivity contribution in [2.24, 2.45) is 0 Å². The van der Waals surface area contributed by atoms with Crippen molar-refractivity contribution in [3.8, 4) is 11.3 Å². The largest absolute Gasteiger partial charge is 0.321 e. The molecule has 23 heavy (non-hydrogen) atoms. The first kappa shape index (κ1) is 15.0. The molecule has 2 N–H and O–H groups in total. The van der Waals surface area contributed by atoms with Gasteiger partial charge in [-0.25, -0.2) is 4.39 Å². The van der Waals surface area contributed by atoms with Crippen LogP contribution in [0.25, 0.3) is 11.3 Å². The predicted molar refractivity (Wildman–Crippen MR) is 87.9 cm³/mol. The van der Waals surface area contributed by atoms with Crippen LogP contribution in [0.3, 0.4) is 0 Å². The number of aryl methyl sites for hydroxylation is 2. The monoisotopic (exact) mass is 309 g/mol. The van der Waals surface area contributed by atoms with Crippen molar-refractivity contribution < 1.29 is 9.18 Å². The molecule has 0 atom stereocenters. The smallest absolute Gasteiger partial charge is 0.273 e. The maximum Gasteiger partial charge on any atom is 0.273 e. The number of amides is 1. The fourth-order valence-corrected chi connectivity index (χ4v) is 2.23. The molecule has 0 bridgehead atoms. The molecule has 0 spiro atoms. The number of hydrogen-bond donors (Lipinski definition) is 2. The van der Waals surface area contributed by atoms with Gasteiger partial charge in [-0.1, -0.05) is 29.8 Å². The number of anilines is 1. The van der Waals surface area contributed by atoms with E-state index in [4.69, 9.17) is 0 Å². The van der Waals surface area contributed by atoms with Gasteiger partial charge in [0, 0.05) is 11.3 Å². The standard InChI is InChI=1S/C18H16FN3O/c1-11-3-5-13(6-4-11)16-10-17(22-21-16)18(23)20-14-7-8-15(19)12(2)9-14/h3-10H,1-2H3,(H,20,23)(H,21,22). The third-order valence-electron chi connectivity index (χ3n) is 3.59. The van der Waals surface area contributed by atoms with Gasteiger partial charge in [0.1, 0.15) is 11.5 Å². The third kappa shape index (κ3) is 3.29. The maximum absolute atomic E-state index is 13.2. The summed E-state index contributed by atoms with van der Waals surface area (Å²) < 4.78 is 13.2. The van der Waals surface area contributed by atoms with Crippen molar-refractivity contribution in [1.29, 1.82) is 0 Å². The quantitative estimate of drug-likeness (QED) is 0.765. The van der Waals surface area contributed by atoms with Crippen LogP contribution in [0.4, 0.5) is 10.1 Å². The second kappa shape index (κ2) is 6.04. The highest BCUT2D eigenvalue weighted by Crippen LogP contribution is 2.19. The number of carbonyl (C=O) groups is 1. The molecule has 3 rings (SSSR count). The third-order valence-corrected chi connectivity index (χ3v) is 3.59. The molecule has 2 aromatic carbocycles. The molecule has 0 saturated carbocycles. The Kier molecular flexibility index (Phi) is 3.93. The zero-order valence-corrected chi connectivity index (χ0v) is 12.9. The first-order valence-electron chi connectivity index (χ1n) is 7.23. The van der Waals surface area contributed by atoms with E-state index in [1.165, 1.54) is 12.1 Å². The van der Waals surface area contributed by atoms with Crippen LogP contribution in [-0.2, 0) is 0 Å². The Bertz CT molecular complexity index is 853. The van der Waals surface area contributed by atoms with Crippen molar-refractivity contribution in [1.82, 2.24) is 10.2 Å². The highest BCUT2D eigenvalue weighted by Gasteiger charge is 2.12. The predicted octanol–water partition coefficient (Wildman–Crippen LogP) is 4.08. The molecule has 0 aliphatic heterocycles. The fourth-order valence-electron chi connectivity index (χ4n) is 2.23. The minimum absolute atomic E-state index is 0.300. The highest BCUT2D eigenvalue weighted by atomic mass is 19.1. The van der Waals surface area contributed by atoms with Crippen LogP contribution in [0.5, 0.6) is 0 Å². The molecule has 0 saturated heterocycles. The molecule has 116 valence electrons. The number of rotatable bonds is 3. The van der Waals surface area contributed by atoms with Crippen LogP contribution < -0.4 is 5.32 Å². The molecule has 0 radical (unpaired) electrons. The topological polar surface area (TPSA) is 57.8 Å². The molecular formula is C18H16FN3O. The lowest BCUT2D eigenvalue weighted by Gasteiger charge is -2.04. The van der Waals surface area contributed by atoms with E-state index in [2.05, 4.69) is 15.5 Å². The second-order valence-electron chi connectivity index (χ2n) is 5.45. The summed E-state index contributed by atoms with van der Waals surface area (Å²) in [5.41, 5.74) is 4.17. The minimum Gasteiger partial charge on any atom is -0.321 e. The van der Waals surface area contributed by atoms with Gasteiger partial charge >= 0.3 is 0 Å². The molecule has 1 aromatic heterocycles. The van der Waals surface area contributed by atoms with E-state index in [-0.39, 0.29) is 11.7 Å². The molecule has 0 aliphatic carbocycles. The summed E-state index contributed by atoms with van der Waals surface area (Å²) in [4.78, 5) is 12.2. The van der Waals surface area contributed by atoms with Gasteiger partial charge in [-0.05, 0) is 43.7 Å². The van der Waals surface area contributed by atoms with E-state index in [1.807, 2.05) is 31.2 Å². The van der Waals surface area contributed by atoms with Crippen molar-refractivity contribution in [2.45, 2.75) is 13.8 Å². The zero-order chi connectivity index (χ0) is 16.4. The summed E-state index contributed by atoms with van der Waals surface area (Å²) in [6.07, 6.45) is 0. The lowest BCUT2D eigenvalue weighted by Crippen LogP contribution is -2.12. The van der Waals surface area contributed by atoms with Crippen LogP contribution in [-0.4, -0.2) is 16.1 Å². The Morgan fingerprint density at radius 2 is 1.83 bits per heavy atom. The lowest BCUT2D eigenvalue weighted by molar-refractivity contribution is 0.102. The van der Waals surface area contributed by atoms with Gasteiger partial charge in [0.25, 0.3) is 5.91 Å². The second-order valence-corrected chi connectivity index (χ2v) is 5.45. The number of nitrogens with zero attached hydrogens (tertiary/aromatic N) is 1. The van der Waals surface area contributed by atoms with Gasteiger partial charge in [-0.15, -0.1) is 0 Å². The number of hydrogen-bond acceptors (Lipinski definition) is 2. The zero-order valence-electron chi connectivity index (χ0n) is 12.9. The number of aromatic nitrogens is 2. The van der Waals surface area contributed by atoms with Crippen molar-refractivity contribution in [2.75, 3.05) is 5.32 Å². The fraction of sp³-hybridized carbons (Fsp3) is 0.111. The molecule has 5 heteroatoms. The Morgan fingerprint density at radius 3 is 2.52 bits per heavy atom. The first-order valence-corrected chi connectivity index (χ1v) is 7.23. The van der Waals surface area contributed by atoms with Gasteiger partial charge in [-0.3, -0.25) is 9.89 Å². The van der Waals surface area contributed by atoms with E-state index in [0.717, 1.165) is 11.1 Å². The summed E-state index contributed by atoms with van der Waals surface area (Å²) in [6.45, 7) is 3.66. The van der Waals surface area contributed by atoms with Crippen LogP contribution >= 0.6 is 0 Å². The summed E-state index contributed by atoms with van der Waals surface area (Å²) in [5, 5.41) is 9.62. The lowest BCUT2D eigenvalue weighted by atomic mass is 10.1. The Balaban J connectivity index is 1.78. The van der Waals surface area contributed by atoms with Gasteiger partial charge < -0.3 is 5.32 Å². The van der Waals surface area contributed by atoms with E-state index in [9.17, 15) is 9.18 Å². The Morgan fingerprint density at radius 1 is 1.09 bits per heavy atom. The number of halogens is 1. The molecule has 3 aromatic rings. The summed E-state index contributed by atoms with van der Waals surface area (Å²) in [5.74, 6) is -0.618. The summed E-state index contributed by atoms with van der Waals surface area (Å²) >= 11 is 0. The Hall–Kier alpha value is -2.95. The summed E-state index contributed by atoms with van der Waals surface area (Å²) in [7, 11) is 0. The van der Waals surface area contributed by atoms with Crippen molar-refractivity contribution >= 4 is 11.6 Å². The molecule has 1 amide bonds. The average molecular weight is 309 g/mol. The number of carbonyl (C=O) groups excluding carboxylic acids is 1. The van der Waals surface area contributed by atoms with E-state index in [0.29, 0.717) is 22.6 Å². The number of H-pyrrole nitrogens is 1. The number of benzene rings is 2. The molecule has 4 nitrogen and oxygen atoms in total. The molecule has 1 heterocycles. The maximum atomic E-state index is 13.2. The highest BCUT2D eigenvalue weighted by molar-refractivity contribution is 6.03. The number of nitrogens with one attached hydrogen (secondary N) is 2. The molecule has 0 aliphatic rings. The molecular weight excluding hydrogens is 293 g/mol. The van der Waals surface area contributed by atoms with Gasteiger partial charge in [0.05, 0.1) is 5.69 Å². The van der Waals surface area contributed by atoms with Crippen molar-refractivity contribution in [3.05, 3.63) is 71.2 Å². The van der Waals surface area contributed by atoms with Crippen LogP contribution in [0.2, 0.25) is 0 Å².